The van der Waals surface area contributed by atoms with Crippen molar-refractivity contribution in [2.24, 2.45) is 0 Å². The van der Waals surface area contributed by atoms with Gasteiger partial charge in [-0.25, -0.2) is 4.98 Å². The van der Waals surface area contributed by atoms with Gasteiger partial charge in [0, 0.05) is 47.7 Å². The van der Waals surface area contributed by atoms with Crippen molar-refractivity contribution in [1.29, 1.82) is 0 Å². The minimum Gasteiger partial charge on any atom is -0.384 e. The van der Waals surface area contributed by atoms with Crippen molar-refractivity contribution >= 4 is 5.82 Å². The average molecular weight is 266 g/mol. The zero-order valence-electron chi connectivity index (χ0n) is 11.3. The smallest absolute Gasteiger partial charge is 0.123 e. The molecule has 20 heavy (non-hydrogen) atoms. The van der Waals surface area contributed by atoms with E-state index in [4.69, 9.17) is 5.73 Å². The second-order valence-electron chi connectivity index (χ2n) is 5.87. The Balaban J connectivity index is 1.66. The molecule has 0 amide bonds. The fraction of sp³-hybridized carbons (Fsp3) is 0.375. The number of hydrogen-bond donors (Lipinski definition) is 2. The summed E-state index contributed by atoms with van der Waals surface area (Å²) in [4.78, 5) is 8.58. The Kier molecular flexibility index (Phi) is 2.70. The van der Waals surface area contributed by atoms with Crippen LogP contribution in [0.25, 0.3) is 11.1 Å². The van der Waals surface area contributed by atoms with Gasteiger partial charge in [0.25, 0.3) is 0 Å². The first-order chi connectivity index (χ1) is 9.79. The van der Waals surface area contributed by atoms with Gasteiger partial charge in [-0.2, -0.15) is 0 Å². The maximum atomic E-state index is 5.64. The minimum atomic E-state index is 0.551. The van der Waals surface area contributed by atoms with Crippen LogP contribution in [0.4, 0.5) is 5.82 Å². The number of nitrogens with one attached hydrogen (secondary N) is 1. The Hall–Kier alpha value is -1.94. The normalized spacial score (nSPS) is 27.9. The first-order valence-corrected chi connectivity index (χ1v) is 7.22. The fourth-order valence-corrected chi connectivity index (χ4v) is 3.59. The molecule has 4 nitrogen and oxygen atoms in total. The van der Waals surface area contributed by atoms with Crippen LogP contribution in [0.1, 0.15) is 30.7 Å². The van der Waals surface area contributed by atoms with Crippen LogP contribution in [0.2, 0.25) is 0 Å². The summed E-state index contributed by atoms with van der Waals surface area (Å²) in [6.07, 6.45) is 9.60. The molecular formula is C16H18N4. The zero-order chi connectivity index (χ0) is 13.5. The summed E-state index contributed by atoms with van der Waals surface area (Å²) in [5, 5.41) is 3.69. The predicted octanol–water partition coefficient (Wildman–Crippen LogP) is 2.33. The lowest BCUT2D eigenvalue weighted by molar-refractivity contribution is 0.505. The highest BCUT2D eigenvalue weighted by Gasteiger charge is 2.39. The Morgan fingerprint density at radius 3 is 2.75 bits per heavy atom. The number of rotatable bonds is 2. The molecule has 4 heteroatoms. The van der Waals surface area contributed by atoms with Crippen molar-refractivity contribution in [2.75, 3.05) is 5.73 Å². The molecule has 0 unspecified atom stereocenters. The number of fused-ring (bicyclic) bond motifs is 2. The van der Waals surface area contributed by atoms with Crippen LogP contribution < -0.4 is 11.1 Å². The molecule has 2 aromatic heterocycles. The van der Waals surface area contributed by atoms with Crippen LogP contribution in [0.3, 0.4) is 0 Å². The van der Waals surface area contributed by atoms with Crippen molar-refractivity contribution < 1.29 is 0 Å². The molecule has 0 aromatic carbocycles. The quantitative estimate of drug-likeness (QED) is 0.875. The van der Waals surface area contributed by atoms with Gasteiger partial charge in [-0.15, -0.1) is 0 Å². The third kappa shape index (κ3) is 1.96. The van der Waals surface area contributed by atoms with Gasteiger partial charge in [-0.05, 0) is 43.0 Å². The lowest BCUT2D eigenvalue weighted by Gasteiger charge is -2.20. The SMILES string of the molecule is Nc1ccc(-c2cncc([C@H]3C[C@H]4CC[C@H]3N4)c2)cn1. The molecule has 2 saturated heterocycles. The first-order valence-electron chi connectivity index (χ1n) is 7.22. The van der Waals surface area contributed by atoms with E-state index in [1.54, 1.807) is 0 Å². The topological polar surface area (TPSA) is 63.8 Å². The van der Waals surface area contributed by atoms with Gasteiger partial charge in [-0.3, -0.25) is 4.98 Å². The summed E-state index contributed by atoms with van der Waals surface area (Å²) in [7, 11) is 0. The van der Waals surface area contributed by atoms with E-state index in [0.29, 0.717) is 23.8 Å². The third-order valence-corrected chi connectivity index (χ3v) is 4.61. The second kappa shape index (κ2) is 4.56. The van der Waals surface area contributed by atoms with Crippen LogP contribution >= 0.6 is 0 Å². The molecule has 4 heterocycles. The zero-order valence-corrected chi connectivity index (χ0v) is 11.3. The van der Waals surface area contributed by atoms with Crippen LogP contribution in [0, 0.1) is 0 Å². The lowest BCUT2D eigenvalue weighted by atomic mass is 9.84. The standard InChI is InChI=1S/C16H18N4/c17-16-4-1-10(9-19-16)11-5-12(8-18-7-11)14-6-13-2-3-15(14)20-13/h1,4-5,7-9,13-15,20H,2-3,6H2,(H2,17,19)/t13-,14-,15-/m1/s1. The number of pyridine rings is 2. The van der Waals surface area contributed by atoms with E-state index in [2.05, 4.69) is 21.4 Å². The number of hydrogen-bond acceptors (Lipinski definition) is 4. The molecule has 3 N–H and O–H groups in total. The number of nitrogen functional groups attached to an aromatic ring is 1. The van der Waals surface area contributed by atoms with Crippen LogP contribution in [-0.2, 0) is 0 Å². The molecule has 3 atom stereocenters. The molecule has 4 rings (SSSR count). The number of nitrogens with zero attached hydrogens (tertiary/aromatic N) is 2. The van der Waals surface area contributed by atoms with Gasteiger partial charge in [0.1, 0.15) is 5.82 Å². The van der Waals surface area contributed by atoms with Gasteiger partial charge in [-0.1, -0.05) is 0 Å². The van der Waals surface area contributed by atoms with Crippen molar-refractivity contribution in [2.45, 2.75) is 37.3 Å². The maximum absolute atomic E-state index is 5.64. The molecule has 2 aliphatic rings. The van der Waals surface area contributed by atoms with E-state index in [1.807, 2.05) is 30.7 Å². The van der Waals surface area contributed by atoms with Crippen molar-refractivity contribution in [3.8, 4) is 11.1 Å². The highest BCUT2D eigenvalue weighted by Crippen LogP contribution is 2.40. The summed E-state index contributed by atoms with van der Waals surface area (Å²) in [5.41, 5.74) is 9.18. The van der Waals surface area contributed by atoms with E-state index in [-0.39, 0.29) is 0 Å². The Morgan fingerprint density at radius 2 is 2.05 bits per heavy atom. The van der Waals surface area contributed by atoms with Gasteiger partial charge in [0.2, 0.25) is 0 Å². The minimum absolute atomic E-state index is 0.551. The number of nitrogens with two attached hydrogens (primary N) is 1. The third-order valence-electron chi connectivity index (χ3n) is 4.61. The van der Waals surface area contributed by atoms with Crippen LogP contribution in [-0.4, -0.2) is 22.1 Å². The highest BCUT2D eigenvalue weighted by molar-refractivity contribution is 5.63. The fourth-order valence-electron chi connectivity index (χ4n) is 3.59. The lowest BCUT2D eigenvalue weighted by Crippen LogP contribution is -2.21. The molecule has 2 fully saturated rings. The first kappa shape index (κ1) is 11.9. The molecule has 0 spiro atoms. The Bertz CT molecular complexity index is 623. The van der Waals surface area contributed by atoms with E-state index < -0.39 is 0 Å². The van der Waals surface area contributed by atoms with Crippen molar-refractivity contribution in [1.82, 2.24) is 15.3 Å². The summed E-state index contributed by atoms with van der Waals surface area (Å²) >= 11 is 0. The van der Waals surface area contributed by atoms with E-state index >= 15 is 0 Å². The highest BCUT2D eigenvalue weighted by atomic mass is 15.0. The molecule has 102 valence electrons. The second-order valence-corrected chi connectivity index (χ2v) is 5.87. The van der Waals surface area contributed by atoms with E-state index in [1.165, 1.54) is 24.8 Å². The average Bonchev–Trinajstić information content (AvgIpc) is 3.11. The largest absolute Gasteiger partial charge is 0.384 e. The van der Waals surface area contributed by atoms with Gasteiger partial charge >= 0.3 is 0 Å². The molecular weight excluding hydrogens is 248 g/mol. The summed E-state index contributed by atoms with van der Waals surface area (Å²) < 4.78 is 0. The number of anilines is 1. The summed E-state index contributed by atoms with van der Waals surface area (Å²) in [6.45, 7) is 0. The van der Waals surface area contributed by atoms with Crippen LogP contribution in [0.5, 0.6) is 0 Å². The molecule has 0 saturated carbocycles. The van der Waals surface area contributed by atoms with Gasteiger partial charge < -0.3 is 11.1 Å². The maximum Gasteiger partial charge on any atom is 0.123 e. The van der Waals surface area contributed by atoms with Gasteiger partial charge in [0.15, 0.2) is 0 Å². The van der Waals surface area contributed by atoms with E-state index in [9.17, 15) is 0 Å². The molecule has 2 bridgehead atoms. The molecule has 0 aliphatic carbocycles. The predicted molar refractivity (Wildman–Crippen MR) is 79.2 cm³/mol. The summed E-state index contributed by atoms with van der Waals surface area (Å²) in [5.74, 6) is 1.16. The molecule has 2 aromatic rings. The molecule has 2 aliphatic heterocycles. The number of aromatic nitrogens is 2. The van der Waals surface area contributed by atoms with Crippen LogP contribution in [0.15, 0.2) is 36.8 Å². The molecule has 0 radical (unpaired) electrons. The Morgan fingerprint density at radius 1 is 1.10 bits per heavy atom. The van der Waals surface area contributed by atoms with Crippen molar-refractivity contribution in [3.05, 3.63) is 42.4 Å². The van der Waals surface area contributed by atoms with Gasteiger partial charge in [0.05, 0.1) is 0 Å². The monoisotopic (exact) mass is 266 g/mol. The van der Waals surface area contributed by atoms with E-state index in [0.717, 1.165) is 11.1 Å². The summed E-state index contributed by atoms with van der Waals surface area (Å²) in [6, 6.07) is 7.45. The van der Waals surface area contributed by atoms with Crippen molar-refractivity contribution in [3.63, 3.8) is 0 Å². The Labute approximate surface area is 118 Å².